The number of esters is 1. The molecule has 0 radical (unpaired) electrons. The molecule has 0 aliphatic carbocycles. The zero-order valence-electron chi connectivity index (χ0n) is 23.7. The number of carbonyl (C=O) groups is 1. The highest BCUT2D eigenvalue weighted by molar-refractivity contribution is 5.91. The zero-order chi connectivity index (χ0) is 30.1. The van der Waals surface area contributed by atoms with Gasteiger partial charge in [-0.1, -0.05) is 12.1 Å². The summed E-state index contributed by atoms with van der Waals surface area (Å²) in [5.74, 6) is 0.322. The predicted molar refractivity (Wildman–Crippen MR) is 155 cm³/mol. The van der Waals surface area contributed by atoms with Crippen molar-refractivity contribution in [2.24, 2.45) is 4.99 Å². The third kappa shape index (κ3) is 5.09. The molecule has 12 heteroatoms. The molecule has 3 heterocycles. The van der Waals surface area contributed by atoms with E-state index in [0.717, 1.165) is 5.69 Å². The number of nitrogens with one attached hydrogen (secondary N) is 1. The quantitative estimate of drug-likeness (QED) is 0.193. The fourth-order valence-electron chi connectivity index (χ4n) is 4.88. The summed E-state index contributed by atoms with van der Waals surface area (Å²) in [6.07, 6.45) is 1.49. The van der Waals surface area contributed by atoms with E-state index in [0.29, 0.717) is 17.0 Å². The van der Waals surface area contributed by atoms with E-state index in [9.17, 15) is 19.7 Å². The minimum Gasteiger partial charge on any atom is -0.497 e. The molecule has 2 aromatic heterocycles. The topological polar surface area (TPSA) is 145 Å². The molecule has 0 amide bonds. The van der Waals surface area contributed by atoms with Crippen LogP contribution in [0.1, 0.15) is 31.2 Å². The fourth-order valence-corrected chi connectivity index (χ4v) is 4.88. The summed E-state index contributed by atoms with van der Waals surface area (Å²) in [6.45, 7) is 3.59. The van der Waals surface area contributed by atoms with Crippen molar-refractivity contribution >= 4 is 23.4 Å². The maximum Gasteiger partial charge on any atom is 0.338 e. The summed E-state index contributed by atoms with van der Waals surface area (Å²) < 4.78 is 17.8. The van der Waals surface area contributed by atoms with E-state index in [4.69, 9.17) is 13.9 Å². The number of methoxy groups -OCH3 is 1. The molecule has 216 valence electrons. The van der Waals surface area contributed by atoms with Crippen LogP contribution < -0.4 is 26.2 Å². The number of nitro benzene ring substituents is 1. The predicted octanol–water partition coefficient (Wildman–Crippen LogP) is 3.31. The van der Waals surface area contributed by atoms with E-state index in [2.05, 4.69) is 9.98 Å². The number of ether oxygens (including phenoxy) is 2. The Morgan fingerprint density at radius 1 is 1.19 bits per heavy atom. The number of rotatable bonds is 8. The maximum absolute atomic E-state index is 13.8. The molecule has 1 N–H and O–H groups in total. The molecule has 0 saturated carbocycles. The number of hydrogen-bond donors (Lipinski definition) is 1. The number of allylic oxidation sites excluding steroid dienone is 1. The summed E-state index contributed by atoms with van der Waals surface area (Å²) >= 11 is 0. The van der Waals surface area contributed by atoms with Gasteiger partial charge >= 0.3 is 5.97 Å². The number of H-pyrrole nitrogens is 1. The van der Waals surface area contributed by atoms with Crippen LogP contribution in [0.25, 0.3) is 17.4 Å². The molecular formula is C30H29N5O7. The molecule has 0 saturated heterocycles. The van der Waals surface area contributed by atoms with Gasteiger partial charge in [0.1, 0.15) is 22.6 Å². The summed E-state index contributed by atoms with van der Waals surface area (Å²) in [7, 11) is 5.27. The number of benzene rings is 2. The number of furan rings is 1. The van der Waals surface area contributed by atoms with Crippen LogP contribution in [0.2, 0.25) is 0 Å². The maximum atomic E-state index is 13.8. The normalized spacial score (nSPS) is 14.8. The number of hydrogen-bond acceptors (Lipinski definition) is 9. The monoisotopic (exact) mass is 571 g/mol. The molecule has 1 atom stereocenters. The lowest BCUT2D eigenvalue weighted by Crippen LogP contribution is -2.40. The molecule has 0 spiro atoms. The Labute approximate surface area is 240 Å². The summed E-state index contributed by atoms with van der Waals surface area (Å²) in [5, 5.41) is 11.8. The van der Waals surface area contributed by atoms with Crippen LogP contribution in [-0.2, 0) is 9.53 Å². The van der Waals surface area contributed by atoms with Gasteiger partial charge in [0.15, 0.2) is 0 Å². The Morgan fingerprint density at radius 2 is 1.93 bits per heavy atom. The number of anilines is 1. The van der Waals surface area contributed by atoms with Crippen molar-refractivity contribution in [2.75, 3.05) is 32.7 Å². The van der Waals surface area contributed by atoms with E-state index in [-0.39, 0.29) is 45.9 Å². The summed E-state index contributed by atoms with van der Waals surface area (Å²) in [4.78, 5) is 47.6. The van der Waals surface area contributed by atoms with Crippen LogP contribution in [0.4, 0.5) is 11.4 Å². The van der Waals surface area contributed by atoms with Crippen LogP contribution in [0.5, 0.6) is 5.75 Å². The largest absolute Gasteiger partial charge is 0.497 e. The van der Waals surface area contributed by atoms with Crippen molar-refractivity contribution < 1.29 is 23.6 Å². The van der Waals surface area contributed by atoms with Crippen molar-refractivity contribution in [3.8, 4) is 17.1 Å². The first-order valence-electron chi connectivity index (χ1n) is 13.1. The third-order valence-electron chi connectivity index (χ3n) is 6.92. The molecule has 1 aliphatic heterocycles. The lowest BCUT2D eigenvalue weighted by atomic mass is 9.95. The van der Waals surface area contributed by atoms with Gasteiger partial charge in [-0.15, -0.1) is 0 Å². The highest BCUT2D eigenvalue weighted by atomic mass is 16.6. The summed E-state index contributed by atoms with van der Waals surface area (Å²) in [6, 6.07) is 14.4. The van der Waals surface area contributed by atoms with Gasteiger partial charge in [0.2, 0.25) is 5.62 Å². The van der Waals surface area contributed by atoms with E-state index in [1.54, 1.807) is 32.0 Å². The Bertz CT molecular complexity index is 1890. The van der Waals surface area contributed by atoms with Crippen molar-refractivity contribution in [3.63, 3.8) is 0 Å². The van der Waals surface area contributed by atoms with Gasteiger partial charge < -0.3 is 23.8 Å². The molecule has 1 unspecified atom stereocenters. The Hall–Kier alpha value is -5.39. The minimum absolute atomic E-state index is 0.159. The van der Waals surface area contributed by atoms with E-state index in [1.807, 2.05) is 43.3 Å². The molecular weight excluding hydrogens is 542 g/mol. The molecule has 42 heavy (non-hydrogen) atoms. The van der Waals surface area contributed by atoms with Crippen molar-refractivity contribution in [1.82, 2.24) is 9.55 Å². The number of aromatic nitrogens is 2. The Balaban J connectivity index is 1.62. The number of carbonyl (C=O) groups excluding carboxylic acids is 1. The average Bonchev–Trinajstić information content (AvgIpc) is 3.56. The molecule has 5 rings (SSSR count). The van der Waals surface area contributed by atoms with Gasteiger partial charge in [0, 0.05) is 25.9 Å². The average molecular weight is 572 g/mol. The zero-order valence-corrected chi connectivity index (χ0v) is 23.7. The van der Waals surface area contributed by atoms with Gasteiger partial charge in [0.05, 0.1) is 47.6 Å². The van der Waals surface area contributed by atoms with Gasteiger partial charge in [-0.05, 0) is 55.8 Å². The summed E-state index contributed by atoms with van der Waals surface area (Å²) in [5.41, 5.74) is 2.27. The van der Waals surface area contributed by atoms with Crippen LogP contribution in [-0.4, -0.2) is 48.3 Å². The minimum atomic E-state index is -0.784. The first-order valence-corrected chi connectivity index (χ1v) is 13.1. The van der Waals surface area contributed by atoms with E-state index < -0.39 is 22.5 Å². The second-order valence-electron chi connectivity index (χ2n) is 9.74. The third-order valence-corrected chi connectivity index (χ3v) is 6.92. The van der Waals surface area contributed by atoms with Gasteiger partial charge in [-0.2, -0.15) is 0 Å². The first kappa shape index (κ1) is 28.1. The van der Waals surface area contributed by atoms with Crippen LogP contribution in [0.3, 0.4) is 0 Å². The number of imidazole rings is 1. The number of aromatic amines is 1. The van der Waals surface area contributed by atoms with E-state index in [1.165, 1.54) is 29.9 Å². The number of nitrogens with zero attached hydrogens (tertiary/aromatic N) is 4. The Kier molecular flexibility index (Phi) is 7.53. The van der Waals surface area contributed by atoms with E-state index >= 15 is 0 Å². The van der Waals surface area contributed by atoms with Crippen molar-refractivity contribution in [2.45, 2.75) is 19.9 Å². The molecule has 2 aromatic carbocycles. The second kappa shape index (κ2) is 11.2. The SMILES string of the molecule is CCOC(=O)C1=C(C)N=c2[nH]/c(=C\c3ccc(-c4ccc(OC)cc4[N+](=O)[O-])o3)c(=O)n2C1c1ccc(N(C)C)cc1. The standard InChI is InChI=1S/C30H29N5O7/c1-6-41-29(37)26-17(2)31-30-32-23(28(36)34(30)27(26)18-7-9-19(10-8-18)33(3)4)15-21-12-14-25(42-21)22-13-11-20(40-5)16-24(22)35(38)39/h7-16,27H,6H2,1-5H3,(H,31,32)/b23-15-. The first-order chi connectivity index (χ1) is 20.1. The van der Waals surface area contributed by atoms with Crippen LogP contribution in [0, 0.1) is 10.1 Å². The van der Waals surface area contributed by atoms with Gasteiger partial charge in [-0.25, -0.2) is 9.79 Å². The number of fused-ring (bicyclic) bond motifs is 1. The molecule has 12 nitrogen and oxygen atoms in total. The molecule has 1 aliphatic rings. The molecule has 4 aromatic rings. The molecule has 0 fully saturated rings. The van der Waals surface area contributed by atoms with Crippen molar-refractivity contribution in [3.05, 3.63) is 109 Å². The van der Waals surface area contributed by atoms with Gasteiger partial charge in [-0.3, -0.25) is 19.5 Å². The highest BCUT2D eigenvalue weighted by Gasteiger charge is 2.33. The van der Waals surface area contributed by atoms with Crippen molar-refractivity contribution in [1.29, 1.82) is 0 Å². The Morgan fingerprint density at radius 3 is 2.57 bits per heavy atom. The second-order valence-corrected chi connectivity index (χ2v) is 9.74. The lowest BCUT2D eigenvalue weighted by Gasteiger charge is -2.25. The number of nitro groups is 1. The fraction of sp³-hybridized carbons (Fsp3) is 0.233. The molecule has 0 bridgehead atoms. The van der Waals surface area contributed by atoms with Crippen LogP contribution >= 0.6 is 0 Å². The lowest BCUT2D eigenvalue weighted by molar-refractivity contribution is -0.384. The highest BCUT2D eigenvalue weighted by Crippen LogP contribution is 2.34. The smallest absolute Gasteiger partial charge is 0.338 e. The van der Waals surface area contributed by atoms with Crippen LogP contribution in [0.15, 0.2) is 80.1 Å². The van der Waals surface area contributed by atoms with Gasteiger partial charge in [0.25, 0.3) is 11.2 Å².